The van der Waals surface area contributed by atoms with E-state index in [0.29, 0.717) is 17.8 Å². The third kappa shape index (κ3) is 5.07. The van der Waals surface area contributed by atoms with E-state index < -0.39 is 0 Å². The third-order valence-corrected chi connectivity index (χ3v) is 5.90. The molecule has 0 radical (unpaired) electrons. The molecule has 0 fully saturated rings. The van der Waals surface area contributed by atoms with Gasteiger partial charge in [0.25, 0.3) is 5.91 Å². The molecular weight excluding hydrogens is 372 g/mol. The minimum atomic E-state index is -0.0866. The fraction of sp³-hybridized carbons (Fsp3) is 0.480. The van der Waals surface area contributed by atoms with Crippen molar-refractivity contribution in [2.75, 3.05) is 6.54 Å². The Labute approximate surface area is 179 Å². The molecule has 2 heterocycles. The predicted octanol–water partition coefficient (Wildman–Crippen LogP) is 5.34. The summed E-state index contributed by atoms with van der Waals surface area (Å²) in [5, 5.41) is 7.51. The van der Waals surface area contributed by atoms with Gasteiger partial charge >= 0.3 is 0 Å². The Morgan fingerprint density at radius 3 is 2.53 bits per heavy atom. The monoisotopic (exact) mass is 406 g/mol. The van der Waals surface area contributed by atoms with Crippen molar-refractivity contribution in [2.24, 2.45) is 0 Å². The van der Waals surface area contributed by atoms with E-state index in [1.165, 1.54) is 42.4 Å². The van der Waals surface area contributed by atoms with Crippen LogP contribution in [0.3, 0.4) is 0 Å². The van der Waals surface area contributed by atoms with E-state index in [0.717, 1.165) is 30.7 Å². The normalized spacial score (nSPS) is 11.2. The minimum absolute atomic E-state index is 0.0866. The maximum absolute atomic E-state index is 12.7. The van der Waals surface area contributed by atoms with Gasteiger partial charge in [-0.15, -0.1) is 0 Å². The molecule has 3 aromatic rings. The molecule has 0 unspecified atom stereocenters. The molecule has 0 bridgehead atoms. The number of fused-ring (bicyclic) bond motifs is 1. The lowest BCUT2D eigenvalue weighted by molar-refractivity contribution is 0.0954. The molecule has 0 saturated carbocycles. The van der Waals surface area contributed by atoms with E-state index in [-0.39, 0.29) is 5.91 Å². The molecule has 3 rings (SSSR count). The Hall–Kier alpha value is -2.69. The van der Waals surface area contributed by atoms with Crippen LogP contribution in [-0.2, 0) is 6.42 Å². The van der Waals surface area contributed by atoms with Crippen LogP contribution >= 0.6 is 0 Å². The standard InChI is InChI=1S/C25H34N4O/c1-5-6-7-8-9-12-15-26-25(30)23-17-27-29-20(4)22(19(3)28-24(23)29)16-21-14-11-10-13-18(21)2/h10-11,13-14,17H,5-9,12,15-16H2,1-4H3,(H,26,30). The van der Waals surface area contributed by atoms with Crippen molar-refractivity contribution in [1.82, 2.24) is 19.9 Å². The lowest BCUT2D eigenvalue weighted by Gasteiger charge is -2.13. The van der Waals surface area contributed by atoms with Crippen LogP contribution in [0.25, 0.3) is 5.65 Å². The molecular formula is C25H34N4O. The fourth-order valence-corrected chi connectivity index (χ4v) is 3.93. The van der Waals surface area contributed by atoms with E-state index in [4.69, 9.17) is 4.98 Å². The zero-order valence-electron chi connectivity index (χ0n) is 18.8. The molecule has 0 aliphatic rings. The van der Waals surface area contributed by atoms with Gasteiger partial charge in [0, 0.05) is 24.4 Å². The zero-order valence-corrected chi connectivity index (χ0v) is 18.8. The number of rotatable bonds is 10. The van der Waals surface area contributed by atoms with Gasteiger partial charge in [0.15, 0.2) is 5.65 Å². The molecule has 0 saturated heterocycles. The molecule has 1 N–H and O–H groups in total. The van der Waals surface area contributed by atoms with Gasteiger partial charge in [0.2, 0.25) is 0 Å². The number of unbranched alkanes of at least 4 members (excludes halogenated alkanes) is 5. The number of amides is 1. The van der Waals surface area contributed by atoms with Gasteiger partial charge < -0.3 is 5.32 Å². The molecule has 0 atom stereocenters. The quantitative estimate of drug-likeness (QED) is 0.463. The van der Waals surface area contributed by atoms with E-state index in [9.17, 15) is 4.79 Å². The summed E-state index contributed by atoms with van der Waals surface area (Å²) >= 11 is 0. The van der Waals surface area contributed by atoms with Crippen LogP contribution in [0.4, 0.5) is 0 Å². The lowest BCUT2D eigenvalue weighted by Crippen LogP contribution is -2.24. The summed E-state index contributed by atoms with van der Waals surface area (Å²) in [7, 11) is 0. The van der Waals surface area contributed by atoms with Gasteiger partial charge in [0.05, 0.1) is 6.20 Å². The van der Waals surface area contributed by atoms with E-state index in [1.54, 1.807) is 10.7 Å². The molecule has 1 aromatic carbocycles. The molecule has 5 heteroatoms. The first-order chi connectivity index (χ1) is 14.5. The van der Waals surface area contributed by atoms with Crippen LogP contribution in [0, 0.1) is 20.8 Å². The Morgan fingerprint density at radius 2 is 1.77 bits per heavy atom. The molecule has 5 nitrogen and oxygen atoms in total. The van der Waals surface area contributed by atoms with Crippen LogP contribution < -0.4 is 5.32 Å². The highest BCUT2D eigenvalue weighted by Gasteiger charge is 2.18. The van der Waals surface area contributed by atoms with E-state index >= 15 is 0 Å². The smallest absolute Gasteiger partial charge is 0.256 e. The summed E-state index contributed by atoms with van der Waals surface area (Å²) in [5.41, 5.74) is 6.90. The van der Waals surface area contributed by atoms with Gasteiger partial charge in [-0.25, -0.2) is 9.50 Å². The van der Waals surface area contributed by atoms with Crippen molar-refractivity contribution in [1.29, 1.82) is 0 Å². The number of aryl methyl sites for hydroxylation is 3. The first-order valence-electron chi connectivity index (χ1n) is 11.2. The number of hydrogen-bond acceptors (Lipinski definition) is 3. The van der Waals surface area contributed by atoms with Gasteiger partial charge in [-0.3, -0.25) is 4.79 Å². The number of hydrogen-bond donors (Lipinski definition) is 1. The third-order valence-electron chi connectivity index (χ3n) is 5.90. The van der Waals surface area contributed by atoms with Gasteiger partial charge in [-0.1, -0.05) is 63.3 Å². The van der Waals surface area contributed by atoms with Crippen LogP contribution in [-0.4, -0.2) is 27.0 Å². The Balaban J connectivity index is 1.71. The second kappa shape index (κ2) is 10.4. The SMILES string of the molecule is CCCCCCCCNC(=O)c1cnn2c(C)c(Cc3ccccc3C)c(C)nc12. The molecule has 0 aliphatic heterocycles. The summed E-state index contributed by atoms with van der Waals surface area (Å²) in [4.78, 5) is 17.5. The fourth-order valence-electron chi connectivity index (χ4n) is 3.93. The minimum Gasteiger partial charge on any atom is -0.352 e. The highest BCUT2D eigenvalue weighted by atomic mass is 16.1. The molecule has 0 aliphatic carbocycles. The van der Waals surface area contributed by atoms with Crippen molar-refractivity contribution in [2.45, 2.75) is 72.6 Å². The molecule has 30 heavy (non-hydrogen) atoms. The topological polar surface area (TPSA) is 59.3 Å². The number of carbonyl (C=O) groups excluding carboxylic acids is 1. The summed E-state index contributed by atoms with van der Waals surface area (Å²) in [6.45, 7) is 9.13. The molecule has 0 spiro atoms. The average molecular weight is 407 g/mol. The van der Waals surface area contributed by atoms with Crippen LogP contribution in [0.15, 0.2) is 30.5 Å². The first-order valence-corrected chi connectivity index (χ1v) is 11.2. The Morgan fingerprint density at radius 1 is 1.03 bits per heavy atom. The molecule has 2 aromatic heterocycles. The Bertz CT molecular complexity index is 1010. The highest BCUT2D eigenvalue weighted by Crippen LogP contribution is 2.21. The lowest BCUT2D eigenvalue weighted by atomic mass is 9.99. The van der Waals surface area contributed by atoms with E-state index in [1.807, 2.05) is 6.92 Å². The van der Waals surface area contributed by atoms with Crippen LogP contribution in [0.5, 0.6) is 0 Å². The average Bonchev–Trinajstić information content (AvgIpc) is 3.15. The summed E-state index contributed by atoms with van der Waals surface area (Å²) < 4.78 is 1.81. The van der Waals surface area contributed by atoms with Crippen LogP contribution in [0.2, 0.25) is 0 Å². The molecule has 160 valence electrons. The summed E-state index contributed by atoms with van der Waals surface area (Å²) in [5.74, 6) is -0.0866. The maximum atomic E-state index is 12.7. The van der Waals surface area contributed by atoms with Crippen molar-refractivity contribution in [3.63, 3.8) is 0 Å². The van der Waals surface area contributed by atoms with Crippen molar-refractivity contribution in [3.8, 4) is 0 Å². The van der Waals surface area contributed by atoms with Crippen molar-refractivity contribution < 1.29 is 4.79 Å². The van der Waals surface area contributed by atoms with Gasteiger partial charge in [-0.2, -0.15) is 5.10 Å². The molecule has 1 amide bonds. The van der Waals surface area contributed by atoms with Crippen LogP contribution in [0.1, 0.15) is 83.9 Å². The number of carbonyl (C=O) groups is 1. The Kier molecular flexibility index (Phi) is 7.61. The highest BCUT2D eigenvalue weighted by molar-refractivity contribution is 5.99. The number of aromatic nitrogens is 3. The first kappa shape index (κ1) is 22.0. The van der Waals surface area contributed by atoms with E-state index in [2.05, 4.69) is 55.5 Å². The predicted molar refractivity (Wildman–Crippen MR) is 122 cm³/mol. The number of nitrogens with one attached hydrogen (secondary N) is 1. The summed E-state index contributed by atoms with van der Waals surface area (Å²) in [6.07, 6.45) is 9.70. The summed E-state index contributed by atoms with van der Waals surface area (Å²) in [6, 6.07) is 8.41. The number of benzene rings is 1. The second-order valence-corrected chi connectivity index (χ2v) is 8.18. The zero-order chi connectivity index (χ0) is 21.5. The van der Waals surface area contributed by atoms with Crippen molar-refractivity contribution in [3.05, 3.63) is 64.1 Å². The maximum Gasteiger partial charge on any atom is 0.256 e. The largest absolute Gasteiger partial charge is 0.352 e. The van der Waals surface area contributed by atoms with Crippen molar-refractivity contribution >= 4 is 11.6 Å². The number of nitrogens with zero attached hydrogens (tertiary/aromatic N) is 3. The van der Waals surface area contributed by atoms with Gasteiger partial charge in [0.1, 0.15) is 5.56 Å². The van der Waals surface area contributed by atoms with Gasteiger partial charge in [-0.05, 0) is 43.9 Å². The second-order valence-electron chi connectivity index (χ2n) is 8.18.